The minimum absolute atomic E-state index is 0.498. The molecule has 0 aromatic heterocycles. The maximum absolute atomic E-state index is 5.96. The maximum Gasteiger partial charge on any atom is 0.0441 e. The van der Waals surface area contributed by atoms with E-state index in [9.17, 15) is 0 Å². The molecule has 0 aliphatic heterocycles. The van der Waals surface area contributed by atoms with Crippen LogP contribution in [0.5, 0.6) is 0 Å². The van der Waals surface area contributed by atoms with Crippen molar-refractivity contribution in [1.82, 2.24) is 0 Å². The quantitative estimate of drug-likeness (QED) is 0.761. The Labute approximate surface area is 83.2 Å². The molecule has 0 saturated carbocycles. The monoisotopic (exact) mass is 196 g/mol. The van der Waals surface area contributed by atoms with E-state index in [4.69, 9.17) is 23.1 Å². The first-order chi connectivity index (χ1) is 6.19. The normalized spacial score (nSPS) is 11.0. The van der Waals surface area contributed by atoms with Gasteiger partial charge in [0.15, 0.2) is 0 Å². The molecule has 0 radical (unpaired) electrons. The van der Waals surface area contributed by atoms with Crippen LogP contribution in [0.15, 0.2) is 18.3 Å². The Kier molecular flexibility index (Phi) is 3.34. The van der Waals surface area contributed by atoms with Gasteiger partial charge in [0.05, 0.1) is 0 Å². The molecule has 0 amide bonds. The molecule has 3 heteroatoms. The molecule has 2 nitrogen and oxygen atoms in total. The van der Waals surface area contributed by atoms with Crippen molar-refractivity contribution in [2.45, 2.75) is 13.5 Å². The van der Waals surface area contributed by atoms with Gasteiger partial charge in [0.25, 0.3) is 0 Å². The van der Waals surface area contributed by atoms with Gasteiger partial charge >= 0.3 is 0 Å². The van der Waals surface area contributed by atoms with Gasteiger partial charge in [-0.3, -0.25) is 0 Å². The summed E-state index contributed by atoms with van der Waals surface area (Å²) >= 11 is 5.96. The zero-order chi connectivity index (χ0) is 9.84. The van der Waals surface area contributed by atoms with Gasteiger partial charge in [0, 0.05) is 11.6 Å². The lowest BCUT2D eigenvalue weighted by atomic mass is 10.0. The average Bonchev–Trinajstić information content (AvgIpc) is 2.11. The molecule has 0 saturated heterocycles. The van der Waals surface area contributed by atoms with Crippen LogP contribution >= 0.6 is 11.6 Å². The van der Waals surface area contributed by atoms with Crippen molar-refractivity contribution < 1.29 is 0 Å². The zero-order valence-electron chi connectivity index (χ0n) is 7.55. The van der Waals surface area contributed by atoms with Crippen LogP contribution < -0.4 is 11.5 Å². The first kappa shape index (κ1) is 10.1. The number of rotatable bonds is 2. The summed E-state index contributed by atoms with van der Waals surface area (Å²) in [6.45, 7) is 2.45. The summed E-state index contributed by atoms with van der Waals surface area (Å²) in [6.07, 6.45) is 3.29. The lowest BCUT2D eigenvalue weighted by Gasteiger charge is -2.06. The second kappa shape index (κ2) is 4.30. The number of hydrogen-bond acceptors (Lipinski definition) is 2. The lowest BCUT2D eigenvalue weighted by Crippen LogP contribution is -2.00. The van der Waals surface area contributed by atoms with Crippen molar-refractivity contribution in [2.24, 2.45) is 11.5 Å². The molecule has 0 fully saturated rings. The van der Waals surface area contributed by atoms with Crippen molar-refractivity contribution >= 4 is 17.7 Å². The van der Waals surface area contributed by atoms with E-state index in [1.54, 1.807) is 6.08 Å². The minimum Gasteiger partial charge on any atom is -0.405 e. The van der Waals surface area contributed by atoms with Crippen LogP contribution in [0.25, 0.3) is 6.08 Å². The third-order valence-corrected chi connectivity index (χ3v) is 2.32. The van der Waals surface area contributed by atoms with Crippen LogP contribution in [-0.4, -0.2) is 0 Å². The summed E-state index contributed by atoms with van der Waals surface area (Å²) in [5, 5.41) is 0.741. The molecule has 13 heavy (non-hydrogen) atoms. The standard InChI is InChI=1S/C10H13ClN2/c1-7-4-9(6-13)8(2-3-12)5-10(7)11/h2-5H,6,12-13H2,1H3/b3-2-. The largest absolute Gasteiger partial charge is 0.405 e. The van der Waals surface area contributed by atoms with Gasteiger partial charge < -0.3 is 11.5 Å². The van der Waals surface area contributed by atoms with Gasteiger partial charge in [-0.15, -0.1) is 0 Å². The minimum atomic E-state index is 0.498. The van der Waals surface area contributed by atoms with Crippen molar-refractivity contribution in [3.8, 4) is 0 Å². The van der Waals surface area contributed by atoms with Gasteiger partial charge in [-0.2, -0.15) is 0 Å². The second-order valence-corrected chi connectivity index (χ2v) is 3.27. The predicted octanol–water partition coefficient (Wildman–Crippen LogP) is 2.04. The zero-order valence-corrected chi connectivity index (χ0v) is 8.31. The van der Waals surface area contributed by atoms with Crippen molar-refractivity contribution in [3.05, 3.63) is 40.0 Å². The summed E-state index contributed by atoms with van der Waals surface area (Å²) in [5.74, 6) is 0. The molecule has 0 atom stereocenters. The molecule has 0 spiro atoms. The highest BCUT2D eigenvalue weighted by molar-refractivity contribution is 6.31. The Hall–Kier alpha value is -0.990. The fourth-order valence-electron chi connectivity index (χ4n) is 1.19. The number of halogens is 1. The van der Waals surface area contributed by atoms with Gasteiger partial charge in [-0.05, 0) is 42.0 Å². The average molecular weight is 197 g/mol. The predicted molar refractivity (Wildman–Crippen MR) is 57.3 cm³/mol. The van der Waals surface area contributed by atoms with Gasteiger partial charge in [0.2, 0.25) is 0 Å². The summed E-state index contributed by atoms with van der Waals surface area (Å²) < 4.78 is 0. The Morgan fingerprint density at radius 3 is 2.69 bits per heavy atom. The van der Waals surface area contributed by atoms with Crippen molar-refractivity contribution in [1.29, 1.82) is 0 Å². The van der Waals surface area contributed by atoms with E-state index >= 15 is 0 Å². The van der Waals surface area contributed by atoms with E-state index in [1.807, 2.05) is 19.1 Å². The van der Waals surface area contributed by atoms with Crippen LogP contribution in [0.2, 0.25) is 5.02 Å². The Bertz CT molecular complexity index is 332. The van der Waals surface area contributed by atoms with E-state index in [1.165, 1.54) is 6.20 Å². The first-order valence-electron chi connectivity index (χ1n) is 4.06. The fourth-order valence-corrected chi connectivity index (χ4v) is 1.36. The topological polar surface area (TPSA) is 52.0 Å². The molecule has 0 unspecified atom stereocenters. The van der Waals surface area contributed by atoms with E-state index < -0.39 is 0 Å². The second-order valence-electron chi connectivity index (χ2n) is 2.86. The fraction of sp³-hybridized carbons (Fsp3) is 0.200. The molecule has 1 aromatic carbocycles. The number of hydrogen-bond donors (Lipinski definition) is 2. The highest BCUT2D eigenvalue weighted by Crippen LogP contribution is 2.21. The van der Waals surface area contributed by atoms with Crippen LogP contribution in [0.3, 0.4) is 0 Å². The molecule has 70 valence electrons. The molecular formula is C10H13ClN2. The highest BCUT2D eigenvalue weighted by atomic mass is 35.5. The molecular weight excluding hydrogens is 184 g/mol. The number of benzene rings is 1. The van der Waals surface area contributed by atoms with Crippen molar-refractivity contribution in [3.63, 3.8) is 0 Å². The molecule has 0 bridgehead atoms. The van der Waals surface area contributed by atoms with Crippen molar-refractivity contribution in [2.75, 3.05) is 0 Å². The molecule has 0 heterocycles. The van der Waals surface area contributed by atoms with E-state index in [2.05, 4.69) is 0 Å². The summed E-state index contributed by atoms with van der Waals surface area (Å²) in [7, 11) is 0. The molecule has 1 aromatic rings. The molecule has 4 N–H and O–H groups in total. The molecule has 1 rings (SSSR count). The smallest absolute Gasteiger partial charge is 0.0441 e. The van der Waals surface area contributed by atoms with Crippen LogP contribution in [0.4, 0.5) is 0 Å². The first-order valence-corrected chi connectivity index (χ1v) is 4.44. The van der Waals surface area contributed by atoms with Crippen LogP contribution in [0.1, 0.15) is 16.7 Å². The highest BCUT2D eigenvalue weighted by Gasteiger charge is 2.02. The Morgan fingerprint density at radius 2 is 2.15 bits per heavy atom. The van der Waals surface area contributed by atoms with E-state index in [0.29, 0.717) is 6.54 Å². The van der Waals surface area contributed by atoms with Gasteiger partial charge in [-0.1, -0.05) is 17.7 Å². The lowest BCUT2D eigenvalue weighted by molar-refractivity contribution is 1.06. The van der Waals surface area contributed by atoms with E-state index in [0.717, 1.165) is 21.7 Å². The van der Waals surface area contributed by atoms with Gasteiger partial charge in [0.1, 0.15) is 0 Å². The number of nitrogens with two attached hydrogens (primary N) is 2. The molecule has 0 aliphatic rings. The van der Waals surface area contributed by atoms with Crippen LogP contribution in [-0.2, 0) is 6.54 Å². The summed E-state index contributed by atoms with van der Waals surface area (Å²) in [5.41, 5.74) is 14.0. The Balaban J connectivity index is 3.24. The Morgan fingerprint density at radius 1 is 1.46 bits per heavy atom. The molecule has 0 aliphatic carbocycles. The third-order valence-electron chi connectivity index (χ3n) is 1.92. The summed E-state index contributed by atoms with van der Waals surface area (Å²) in [4.78, 5) is 0. The maximum atomic E-state index is 5.96. The summed E-state index contributed by atoms with van der Waals surface area (Å²) in [6, 6.07) is 3.86. The van der Waals surface area contributed by atoms with Crippen LogP contribution in [0, 0.1) is 6.92 Å². The SMILES string of the molecule is Cc1cc(CN)c(/C=C\N)cc1Cl. The van der Waals surface area contributed by atoms with Gasteiger partial charge in [-0.25, -0.2) is 0 Å². The number of aryl methyl sites for hydroxylation is 1. The third kappa shape index (κ3) is 2.23. The van der Waals surface area contributed by atoms with E-state index in [-0.39, 0.29) is 0 Å².